The number of nitrogens with zero attached hydrogens (tertiary/aromatic N) is 1. The fourth-order valence-electron chi connectivity index (χ4n) is 4.84. The van der Waals surface area contributed by atoms with Gasteiger partial charge in [-0.05, 0) is 25.3 Å². The highest BCUT2D eigenvalue weighted by molar-refractivity contribution is 14.0. The Morgan fingerprint density at radius 3 is 2.81 bits per heavy atom. The fraction of sp³-hybridized carbons (Fsp3) is 0.632. The fourth-order valence-corrected chi connectivity index (χ4v) is 4.84. The molecule has 1 saturated heterocycles. The van der Waals surface area contributed by atoms with Gasteiger partial charge in [-0.2, -0.15) is 8.78 Å². The van der Waals surface area contributed by atoms with Crippen LogP contribution in [-0.2, 0) is 11.3 Å². The highest BCUT2D eigenvalue weighted by Crippen LogP contribution is 2.62. The number of hydrogen-bond acceptors (Lipinski definition) is 3. The highest BCUT2D eigenvalue weighted by Gasteiger charge is 2.66. The second-order valence-corrected chi connectivity index (χ2v) is 7.36. The lowest BCUT2D eigenvalue weighted by atomic mass is 9.46. The van der Waals surface area contributed by atoms with Crippen molar-refractivity contribution in [2.24, 2.45) is 16.3 Å². The van der Waals surface area contributed by atoms with Crippen LogP contribution < -0.4 is 15.4 Å². The zero-order chi connectivity index (χ0) is 18.1. The van der Waals surface area contributed by atoms with Gasteiger partial charge in [-0.3, -0.25) is 4.99 Å². The number of nitrogens with one attached hydrogen (secondary N) is 2. The molecule has 3 fully saturated rings. The Labute approximate surface area is 175 Å². The van der Waals surface area contributed by atoms with Gasteiger partial charge >= 0.3 is 6.61 Å². The molecule has 1 aliphatic heterocycles. The first-order valence-corrected chi connectivity index (χ1v) is 9.25. The number of benzene rings is 1. The highest BCUT2D eigenvalue weighted by atomic mass is 127. The summed E-state index contributed by atoms with van der Waals surface area (Å²) in [5.41, 5.74) is 0.931. The number of ether oxygens (including phenoxy) is 2. The Balaban J connectivity index is 0.00000210. The number of hydrogen-bond donors (Lipinski definition) is 2. The van der Waals surface area contributed by atoms with Crippen LogP contribution in [0, 0.1) is 11.3 Å². The van der Waals surface area contributed by atoms with Crippen LogP contribution in [0.2, 0.25) is 0 Å². The van der Waals surface area contributed by atoms with E-state index in [1.54, 1.807) is 31.3 Å². The van der Waals surface area contributed by atoms with Gasteiger partial charge in [0.15, 0.2) is 5.96 Å². The molecule has 0 aromatic heterocycles. The summed E-state index contributed by atoms with van der Waals surface area (Å²) in [6, 6.07) is 7.19. The van der Waals surface area contributed by atoms with Gasteiger partial charge in [0.1, 0.15) is 5.75 Å². The Kier molecular flexibility index (Phi) is 6.45. The van der Waals surface area contributed by atoms with E-state index in [9.17, 15) is 8.78 Å². The van der Waals surface area contributed by atoms with Gasteiger partial charge in [0, 0.05) is 43.1 Å². The minimum atomic E-state index is -2.83. The monoisotopic (exact) mass is 493 g/mol. The second-order valence-electron chi connectivity index (χ2n) is 7.36. The molecule has 8 heteroatoms. The van der Waals surface area contributed by atoms with E-state index >= 15 is 0 Å². The third kappa shape index (κ3) is 3.74. The predicted molar refractivity (Wildman–Crippen MR) is 110 cm³/mol. The molecule has 1 aromatic rings. The molecular formula is C19H26F2IN3O2. The number of aliphatic imine (C=N–C) groups is 1. The molecule has 150 valence electrons. The second kappa shape index (κ2) is 8.46. The Bertz CT molecular complexity index is 685. The van der Waals surface area contributed by atoms with Crippen molar-refractivity contribution in [3.63, 3.8) is 0 Å². The minimum Gasteiger partial charge on any atom is -0.434 e. The van der Waals surface area contributed by atoms with Crippen molar-refractivity contribution in [1.29, 1.82) is 0 Å². The molecule has 0 amide bonds. The van der Waals surface area contributed by atoms with Crippen LogP contribution in [-0.4, -0.2) is 38.4 Å². The first kappa shape index (κ1) is 20.6. The van der Waals surface area contributed by atoms with Crippen LogP contribution in [0.5, 0.6) is 5.75 Å². The van der Waals surface area contributed by atoms with Crippen molar-refractivity contribution in [3.05, 3.63) is 29.8 Å². The van der Waals surface area contributed by atoms with E-state index in [0.717, 1.165) is 13.0 Å². The molecule has 0 radical (unpaired) electrons. The maximum absolute atomic E-state index is 12.6. The zero-order valence-corrected chi connectivity index (χ0v) is 17.6. The Morgan fingerprint density at radius 2 is 2.15 bits per heavy atom. The van der Waals surface area contributed by atoms with Crippen molar-refractivity contribution in [2.45, 2.75) is 51.0 Å². The van der Waals surface area contributed by atoms with E-state index in [2.05, 4.69) is 20.4 Å². The van der Waals surface area contributed by atoms with Crippen LogP contribution >= 0.6 is 24.0 Å². The molecule has 5 nitrogen and oxygen atoms in total. The number of para-hydroxylation sites is 1. The smallest absolute Gasteiger partial charge is 0.387 e. The quantitative estimate of drug-likeness (QED) is 0.375. The molecule has 3 aliphatic rings. The van der Waals surface area contributed by atoms with Gasteiger partial charge < -0.3 is 20.1 Å². The van der Waals surface area contributed by atoms with Gasteiger partial charge in [-0.25, -0.2) is 0 Å². The van der Waals surface area contributed by atoms with Gasteiger partial charge in [-0.15, -0.1) is 24.0 Å². The number of rotatable bonds is 5. The van der Waals surface area contributed by atoms with Crippen molar-refractivity contribution in [1.82, 2.24) is 10.6 Å². The molecule has 27 heavy (non-hydrogen) atoms. The third-order valence-electron chi connectivity index (χ3n) is 6.19. The average molecular weight is 493 g/mol. The maximum Gasteiger partial charge on any atom is 0.387 e. The van der Waals surface area contributed by atoms with Crippen LogP contribution in [0.3, 0.4) is 0 Å². The topological polar surface area (TPSA) is 54.9 Å². The molecule has 2 N–H and O–H groups in total. The SMILES string of the molecule is CN=C(NCc1ccccc1OC(F)F)NC1C2CCOC2C12CCC2.I. The number of guanidine groups is 1. The summed E-state index contributed by atoms with van der Waals surface area (Å²) in [6.07, 6.45) is 5.15. The van der Waals surface area contributed by atoms with Crippen LogP contribution in [0.1, 0.15) is 31.2 Å². The molecule has 2 saturated carbocycles. The summed E-state index contributed by atoms with van der Waals surface area (Å²) in [4.78, 5) is 4.32. The van der Waals surface area contributed by atoms with Crippen molar-refractivity contribution in [2.75, 3.05) is 13.7 Å². The van der Waals surface area contributed by atoms with Crippen molar-refractivity contribution < 1.29 is 18.3 Å². The Morgan fingerprint density at radius 1 is 1.37 bits per heavy atom. The van der Waals surface area contributed by atoms with Crippen LogP contribution in [0.25, 0.3) is 0 Å². The third-order valence-corrected chi connectivity index (χ3v) is 6.19. The van der Waals surface area contributed by atoms with Gasteiger partial charge in [0.25, 0.3) is 0 Å². The van der Waals surface area contributed by atoms with Crippen molar-refractivity contribution >= 4 is 29.9 Å². The van der Waals surface area contributed by atoms with Gasteiger partial charge in [0.2, 0.25) is 0 Å². The van der Waals surface area contributed by atoms with Gasteiger partial charge in [-0.1, -0.05) is 24.6 Å². The lowest BCUT2D eigenvalue weighted by Crippen LogP contribution is -2.72. The maximum atomic E-state index is 12.6. The lowest BCUT2D eigenvalue weighted by molar-refractivity contribution is -0.171. The van der Waals surface area contributed by atoms with Crippen LogP contribution in [0.15, 0.2) is 29.3 Å². The van der Waals surface area contributed by atoms with E-state index < -0.39 is 6.61 Å². The molecule has 1 aromatic carbocycles. The Hall–Kier alpha value is -1.16. The summed E-state index contributed by atoms with van der Waals surface area (Å²) < 4.78 is 35.7. The summed E-state index contributed by atoms with van der Waals surface area (Å²) in [6.45, 7) is -1.62. The molecular weight excluding hydrogens is 467 g/mol. The van der Waals surface area contributed by atoms with Gasteiger partial charge in [0.05, 0.1) is 6.10 Å². The molecule has 2 aliphatic carbocycles. The number of alkyl halides is 2. The zero-order valence-electron chi connectivity index (χ0n) is 15.3. The summed E-state index contributed by atoms with van der Waals surface area (Å²) >= 11 is 0. The van der Waals surface area contributed by atoms with E-state index in [1.165, 1.54) is 19.3 Å². The predicted octanol–water partition coefficient (Wildman–Crippen LogP) is 3.53. The van der Waals surface area contributed by atoms with E-state index in [-0.39, 0.29) is 35.1 Å². The standard InChI is InChI=1S/C19H25F2N3O2.HI/c1-22-18(23-11-12-5-2-3-6-14(12)26-17(20)21)24-15-13-7-10-25-16(13)19(15)8-4-9-19;/h2-3,5-6,13,15-17H,4,7-11H2,1H3,(H2,22,23,24);1H. The average Bonchev–Trinajstić information content (AvgIpc) is 2.99. The number of fused-ring (bicyclic) bond motifs is 2. The number of halogens is 3. The van der Waals surface area contributed by atoms with E-state index in [4.69, 9.17) is 4.74 Å². The molecule has 4 rings (SSSR count). The van der Waals surface area contributed by atoms with Crippen molar-refractivity contribution in [3.8, 4) is 5.75 Å². The van der Waals surface area contributed by atoms with E-state index in [1.807, 2.05) is 0 Å². The summed E-state index contributed by atoms with van der Waals surface area (Å²) in [5.74, 6) is 1.43. The first-order valence-electron chi connectivity index (χ1n) is 9.25. The molecule has 1 heterocycles. The van der Waals surface area contributed by atoms with Crippen LogP contribution in [0.4, 0.5) is 8.78 Å². The van der Waals surface area contributed by atoms with E-state index in [0.29, 0.717) is 36.1 Å². The normalized spacial score (nSPS) is 28.0. The minimum absolute atomic E-state index is 0. The lowest BCUT2D eigenvalue weighted by Gasteiger charge is -2.63. The molecule has 3 atom stereocenters. The summed E-state index contributed by atoms with van der Waals surface area (Å²) in [5, 5.41) is 6.81. The molecule has 3 unspecified atom stereocenters. The first-order chi connectivity index (χ1) is 12.6. The molecule has 1 spiro atoms. The largest absolute Gasteiger partial charge is 0.434 e. The molecule has 0 bridgehead atoms. The summed E-state index contributed by atoms with van der Waals surface area (Å²) in [7, 11) is 1.73.